The second-order valence-electron chi connectivity index (χ2n) is 10.2. The molecule has 1 saturated heterocycles. The molecule has 1 aliphatic rings. The number of carbonyl (C=O) groups is 2. The number of primary amides is 1. The van der Waals surface area contributed by atoms with Crippen molar-refractivity contribution >= 4 is 17.6 Å². The molecule has 3 heterocycles. The van der Waals surface area contributed by atoms with Gasteiger partial charge in [0.2, 0.25) is 0 Å². The molecule has 0 spiro atoms. The van der Waals surface area contributed by atoms with Gasteiger partial charge in [-0.2, -0.15) is 5.10 Å². The third-order valence-corrected chi connectivity index (χ3v) is 7.37. The largest absolute Gasteiger partial charge is 0.497 e. The van der Waals surface area contributed by atoms with Gasteiger partial charge in [0.1, 0.15) is 28.6 Å². The number of rotatable bonds is 9. The van der Waals surface area contributed by atoms with Crippen molar-refractivity contribution in [2.24, 2.45) is 5.73 Å². The Bertz CT molecular complexity index is 1510. The SMILES string of the molecule is COc1ccc(Cn2nc(-c3nc(N4CCN(C)CC4)ccc3C(N)=O)cc2C(=O)N[C@H](C)c2ccccc2)cc1. The lowest BCUT2D eigenvalue weighted by Gasteiger charge is -2.33. The number of aromatic nitrogens is 3. The summed E-state index contributed by atoms with van der Waals surface area (Å²) in [6.45, 7) is 5.72. The molecule has 10 heteroatoms. The van der Waals surface area contributed by atoms with Crippen LogP contribution in [-0.2, 0) is 6.54 Å². The Kier molecular flexibility index (Phi) is 8.30. The van der Waals surface area contributed by atoms with E-state index in [4.69, 9.17) is 20.6 Å². The van der Waals surface area contributed by atoms with E-state index in [1.165, 1.54) is 0 Å². The van der Waals surface area contributed by atoms with Crippen molar-refractivity contribution in [2.45, 2.75) is 19.5 Å². The molecule has 2 aromatic carbocycles. The fraction of sp³-hybridized carbons (Fsp3) is 0.290. The molecule has 4 aromatic rings. The first-order chi connectivity index (χ1) is 19.8. The Morgan fingerprint density at radius 1 is 1.00 bits per heavy atom. The number of anilines is 1. The number of methoxy groups -OCH3 is 1. The number of nitrogens with zero attached hydrogens (tertiary/aromatic N) is 5. The van der Waals surface area contributed by atoms with Gasteiger partial charge in [-0.3, -0.25) is 14.3 Å². The predicted octanol–water partition coefficient (Wildman–Crippen LogP) is 3.34. The topological polar surface area (TPSA) is 119 Å². The van der Waals surface area contributed by atoms with Gasteiger partial charge in [-0.05, 0) is 55.4 Å². The third-order valence-electron chi connectivity index (χ3n) is 7.37. The predicted molar refractivity (Wildman–Crippen MR) is 158 cm³/mol. The van der Waals surface area contributed by atoms with Crippen LogP contribution in [0, 0.1) is 0 Å². The van der Waals surface area contributed by atoms with Crippen molar-refractivity contribution in [1.82, 2.24) is 25.0 Å². The fourth-order valence-corrected chi connectivity index (χ4v) is 4.89. The molecule has 1 fully saturated rings. The van der Waals surface area contributed by atoms with Gasteiger partial charge in [0.25, 0.3) is 11.8 Å². The fourth-order valence-electron chi connectivity index (χ4n) is 4.89. The third kappa shape index (κ3) is 6.38. The molecule has 1 aliphatic heterocycles. The lowest BCUT2D eigenvalue weighted by Crippen LogP contribution is -2.44. The quantitative estimate of drug-likeness (QED) is 0.326. The Balaban J connectivity index is 1.53. The highest BCUT2D eigenvalue weighted by Crippen LogP contribution is 2.27. The van der Waals surface area contributed by atoms with Crippen LogP contribution >= 0.6 is 0 Å². The van der Waals surface area contributed by atoms with E-state index >= 15 is 0 Å². The molecular weight excluding hydrogens is 518 g/mol. The summed E-state index contributed by atoms with van der Waals surface area (Å²) in [6, 6.07) is 22.3. The van der Waals surface area contributed by atoms with Crippen LogP contribution in [0.4, 0.5) is 5.82 Å². The van der Waals surface area contributed by atoms with Gasteiger partial charge in [-0.15, -0.1) is 0 Å². The minimum absolute atomic E-state index is 0.226. The molecule has 5 rings (SSSR count). The van der Waals surface area contributed by atoms with E-state index in [1.807, 2.05) is 67.6 Å². The monoisotopic (exact) mass is 553 g/mol. The molecule has 2 aromatic heterocycles. The number of likely N-dealkylation sites (N-methyl/N-ethyl adjacent to an activating group) is 1. The molecule has 41 heavy (non-hydrogen) atoms. The summed E-state index contributed by atoms with van der Waals surface area (Å²) in [7, 11) is 3.71. The standard InChI is InChI=1S/C31H35N7O3/c1-21(23-7-5-4-6-8-23)33-31(40)27-19-26(35-38(27)20-22-9-11-24(41-3)12-10-22)29-25(30(32)39)13-14-28(34-29)37-17-15-36(2)16-18-37/h4-14,19,21H,15-18,20H2,1-3H3,(H2,32,39)(H,33,40)/t21-/m1/s1. The number of carbonyl (C=O) groups excluding carboxylic acids is 2. The van der Waals surface area contributed by atoms with E-state index in [-0.39, 0.29) is 17.5 Å². The lowest BCUT2D eigenvalue weighted by atomic mass is 10.1. The molecule has 0 saturated carbocycles. The first-order valence-corrected chi connectivity index (χ1v) is 13.6. The average Bonchev–Trinajstić information content (AvgIpc) is 3.41. The highest BCUT2D eigenvalue weighted by molar-refractivity contribution is 6.00. The molecule has 1 atom stereocenters. The van der Waals surface area contributed by atoms with Crippen molar-refractivity contribution in [1.29, 1.82) is 0 Å². The highest BCUT2D eigenvalue weighted by Gasteiger charge is 2.24. The molecule has 10 nitrogen and oxygen atoms in total. The molecule has 2 amide bonds. The van der Waals surface area contributed by atoms with Gasteiger partial charge in [0.05, 0.1) is 25.3 Å². The highest BCUT2D eigenvalue weighted by atomic mass is 16.5. The van der Waals surface area contributed by atoms with Crippen LogP contribution in [0.3, 0.4) is 0 Å². The van der Waals surface area contributed by atoms with Crippen LogP contribution in [0.15, 0.2) is 72.8 Å². The smallest absolute Gasteiger partial charge is 0.270 e. The Hall–Kier alpha value is -4.70. The molecule has 3 N–H and O–H groups in total. The summed E-state index contributed by atoms with van der Waals surface area (Å²) in [5, 5.41) is 7.87. The maximum atomic E-state index is 13.6. The molecule has 0 aliphatic carbocycles. The average molecular weight is 554 g/mol. The van der Waals surface area contributed by atoms with E-state index in [2.05, 4.69) is 22.2 Å². The zero-order valence-electron chi connectivity index (χ0n) is 23.6. The Morgan fingerprint density at radius 2 is 1.71 bits per heavy atom. The van der Waals surface area contributed by atoms with Crippen molar-refractivity contribution in [3.05, 3.63) is 95.2 Å². The second-order valence-corrected chi connectivity index (χ2v) is 10.2. The van der Waals surface area contributed by atoms with E-state index in [0.717, 1.165) is 48.9 Å². The number of nitrogens with one attached hydrogen (secondary N) is 1. The number of benzene rings is 2. The van der Waals surface area contributed by atoms with Gasteiger partial charge in [0.15, 0.2) is 0 Å². The first kappa shape index (κ1) is 27.9. The first-order valence-electron chi connectivity index (χ1n) is 13.6. The van der Waals surface area contributed by atoms with E-state index in [1.54, 1.807) is 23.9 Å². The van der Waals surface area contributed by atoms with Gasteiger partial charge in [-0.25, -0.2) is 4.98 Å². The summed E-state index contributed by atoms with van der Waals surface area (Å²) in [5.41, 5.74) is 9.03. The van der Waals surface area contributed by atoms with Gasteiger partial charge in [0, 0.05) is 26.2 Å². The molecular formula is C31H35N7O3. The van der Waals surface area contributed by atoms with Gasteiger partial charge < -0.3 is 25.6 Å². The summed E-state index contributed by atoms with van der Waals surface area (Å²) in [6.07, 6.45) is 0. The zero-order chi connectivity index (χ0) is 28.9. The van der Waals surface area contributed by atoms with Crippen molar-refractivity contribution < 1.29 is 14.3 Å². The summed E-state index contributed by atoms with van der Waals surface area (Å²) < 4.78 is 6.92. The Labute approximate surface area is 239 Å². The van der Waals surface area contributed by atoms with E-state index in [0.29, 0.717) is 23.6 Å². The number of ether oxygens (including phenoxy) is 1. The van der Waals surface area contributed by atoms with Crippen molar-refractivity contribution in [3.8, 4) is 17.1 Å². The second kappa shape index (κ2) is 12.2. The van der Waals surface area contributed by atoms with Crippen LogP contribution in [0.25, 0.3) is 11.4 Å². The number of pyridine rings is 1. The zero-order valence-corrected chi connectivity index (χ0v) is 23.6. The molecule has 212 valence electrons. The van der Waals surface area contributed by atoms with E-state index in [9.17, 15) is 9.59 Å². The lowest BCUT2D eigenvalue weighted by molar-refractivity contribution is 0.0928. The van der Waals surface area contributed by atoms with E-state index < -0.39 is 5.91 Å². The molecule has 0 unspecified atom stereocenters. The minimum atomic E-state index is -0.606. The number of piperazine rings is 1. The molecule has 0 radical (unpaired) electrons. The Morgan fingerprint density at radius 3 is 2.37 bits per heavy atom. The molecule has 0 bridgehead atoms. The summed E-state index contributed by atoms with van der Waals surface area (Å²) in [4.78, 5) is 35.4. The number of amides is 2. The number of nitrogens with two attached hydrogens (primary N) is 1. The summed E-state index contributed by atoms with van der Waals surface area (Å²) in [5.74, 6) is 0.586. The maximum absolute atomic E-state index is 13.6. The number of hydrogen-bond donors (Lipinski definition) is 2. The van der Waals surface area contributed by atoms with Crippen LogP contribution in [0.2, 0.25) is 0 Å². The van der Waals surface area contributed by atoms with Crippen LogP contribution in [0.1, 0.15) is 44.9 Å². The van der Waals surface area contributed by atoms with Gasteiger partial charge in [-0.1, -0.05) is 42.5 Å². The van der Waals surface area contributed by atoms with Crippen LogP contribution in [0.5, 0.6) is 5.75 Å². The number of hydrogen-bond acceptors (Lipinski definition) is 7. The maximum Gasteiger partial charge on any atom is 0.270 e. The van der Waals surface area contributed by atoms with Crippen LogP contribution < -0.4 is 20.7 Å². The van der Waals surface area contributed by atoms with Crippen LogP contribution in [-0.4, -0.2) is 71.8 Å². The van der Waals surface area contributed by atoms with Crippen molar-refractivity contribution in [2.75, 3.05) is 45.2 Å². The minimum Gasteiger partial charge on any atom is -0.497 e. The van der Waals surface area contributed by atoms with Crippen molar-refractivity contribution in [3.63, 3.8) is 0 Å². The summed E-state index contributed by atoms with van der Waals surface area (Å²) >= 11 is 0. The normalized spacial score (nSPS) is 14.5. The van der Waals surface area contributed by atoms with Gasteiger partial charge >= 0.3 is 0 Å².